The van der Waals surface area contributed by atoms with Gasteiger partial charge in [-0.25, -0.2) is 4.98 Å². The van der Waals surface area contributed by atoms with Crippen molar-refractivity contribution in [1.29, 1.82) is 0 Å². The molecule has 0 spiro atoms. The van der Waals surface area contributed by atoms with Gasteiger partial charge in [0.25, 0.3) is 0 Å². The molecule has 5 heteroatoms. The molecule has 0 atom stereocenters. The number of fused-ring (bicyclic) bond motifs is 1. The molecule has 0 aliphatic heterocycles. The highest BCUT2D eigenvalue weighted by molar-refractivity contribution is 5.81. The van der Waals surface area contributed by atoms with Crippen molar-refractivity contribution in [3.8, 4) is 5.75 Å². The monoisotopic (exact) mass is 459 g/mol. The summed E-state index contributed by atoms with van der Waals surface area (Å²) in [6.45, 7) is 2.74. The lowest BCUT2D eigenvalue weighted by atomic mass is 9.88. The summed E-state index contributed by atoms with van der Waals surface area (Å²) >= 11 is 0. The number of hydrogen-bond donors (Lipinski definition) is 0. The van der Waals surface area contributed by atoms with Crippen molar-refractivity contribution >= 4 is 16.9 Å². The highest BCUT2D eigenvalue weighted by atomic mass is 16.5. The minimum atomic E-state index is 0.249. The standard InChI is InChI=1S/C29H37N3O2/c1-22-11-10-16-25(19-22)34-21-28-30-26-17-8-9-18-27(26)31(28)20-29(33)32(23-12-4-2-5-13-23)24-14-6-3-7-15-24/h8-11,16-19,23-24H,2-7,12-15,20-21H2,1H3. The van der Waals surface area contributed by atoms with Gasteiger partial charge in [0, 0.05) is 12.1 Å². The lowest BCUT2D eigenvalue weighted by Crippen LogP contribution is -2.50. The van der Waals surface area contributed by atoms with E-state index in [-0.39, 0.29) is 5.91 Å². The van der Waals surface area contributed by atoms with Crippen molar-refractivity contribution in [2.75, 3.05) is 0 Å². The second-order valence-corrected chi connectivity index (χ2v) is 10.1. The summed E-state index contributed by atoms with van der Waals surface area (Å²) in [7, 11) is 0. The Kier molecular flexibility index (Phi) is 7.17. The second kappa shape index (κ2) is 10.6. The summed E-state index contributed by atoms with van der Waals surface area (Å²) in [5.74, 6) is 1.89. The number of carbonyl (C=O) groups is 1. The van der Waals surface area contributed by atoms with Crippen LogP contribution >= 0.6 is 0 Å². The Balaban J connectivity index is 1.41. The van der Waals surface area contributed by atoms with Crippen LogP contribution in [0.2, 0.25) is 0 Å². The van der Waals surface area contributed by atoms with Gasteiger partial charge in [-0.1, -0.05) is 62.8 Å². The highest BCUT2D eigenvalue weighted by Gasteiger charge is 2.33. The normalized spacial score (nSPS) is 17.7. The van der Waals surface area contributed by atoms with E-state index < -0.39 is 0 Å². The van der Waals surface area contributed by atoms with E-state index in [4.69, 9.17) is 9.72 Å². The zero-order valence-corrected chi connectivity index (χ0v) is 20.4. The van der Waals surface area contributed by atoms with Crippen LogP contribution in [-0.2, 0) is 17.9 Å². The quantitative estimate of drug-likeness (QED) is 0.410. The van der Waals surface area contributed by atoms with Crippen LogP contribution in [0.25, 0.3) is 11.0 Å². The number of aryl methyl sites for hydroxylation is 1. The molecule has 1 amide bonds. The van der Waals surface area contributed by atoms with Crippen LogP contribution in [0.15, 0.2) is 48.5 Å². The van der Waals surface area contributed by atoms with E-state index in [2.05, 4.69) is 28.5 Å². The molecule has 5 nitrogen and oxygen atoms in total. The van der Waals surface area contributed by atoms with Crippen LogP contribution in [0.3, 0.4) is 0 Å². The average Bonchev–Trinajstić information content (AvgIpc) is 3.21. The topological polar surface area (TPSA) is 47.4 Å². The molecule has 2 aliphatic rings. The lowest BCUT2D eigenvalue weighted by molar-refractivity contribution is -0.138. The van der Waals surface area contributed by atoms with E-state index in [1.54, 1.807) is 0 Å². The number of para-hydroxylation sites is 2. The third-order valence-electron chi connectivity index (χ3n) is 7.61. The Morgan fingerprint density at radius 1 is 0.941 bits per heavy atom. The molecule has 2 fully saturated rings. The number of aromatic nitrogens is 2. The fourth-order valence-corrected chi connectivity index (χ4v) is 5.91. The number of carbonyl (C=O) groups excluding carboxylic acids is 1. The Morgan fingerprint density at radius 2 is 1.62 bits per heavy atom. The first-order valence-electron chi connectivity index (χ1n) is 13.1. The molecule has 1 aromatic heterocycles. The van der Waals surface area contributed by atoms with E-state index in [0.717, 1.165) is 53.9 Å². The molecule has 2 aromatic carbocycles. The summed E-state index contributed by atoms with van der Waals surface area (Å²) in [6.07, 6.45) is 12.2. The van der Waals surface area contributed by atoms with Crippen molar-refractivity contribution in [2.45, 2.75) is 96.4 Å². The smallest absolute Gasteiger partial charge is 0.243 e. The van der Waals surface area contributed by atoms with Gasteiger partial charge in [-0.05, 0) is 62.4 Å². The van der Waals surface area contributed by atoms with E-state index in [0.29, 0.717) is 25.2 Å². The highest BCUT2D eigenvalue weighted by Crippen LogP contribution is 2.31. The predicted molar refractivity (Wildman–Crippen MR) is 136 cm³/mol. The molecular weight excluding hydrogens is 422 g/mol. The average molecular weight is 460 g/mol. The third kappa shape index (κ3) is 5.13. The first kappa shape index (κ1) is 22.9. The Hall–Kier alpha value is -2.82. The predicted octanol–water partition coefficient (Wildman–Crippen LogP) is 6.42. The first-order chi connectivity index (χ1) is 16.7. The zero-order chi connectivity index (χ0) is 23.3. The van der Waals surface area contributed by atoms with Crippen molar-refractivity contribution in [1.82, 2.24) is 14.5 Å². The molecular formula is C29H37N3O2. The van der Waals surface area contributed by atoms with Gasteiger partial charge >= 0.3 is 0 Å². The fraction of sp³-hybridized carbons (Fsp3) is 0.517. The fourth-order valence-electron chi connectivity index (χ4n) is 5.91. The summed E-state index contributed by atoms with van der Waals surface area (Å²) < 4.78 is 8.20. The van der Waals surface area contributed by atoms with Crippen LogP contribution in [-0.4, -0.2) is 32.4 Å². The number of imidazole rings is 1. The molecule has 5 rings (SSSR count). The van der Waals surface area contributed by atoms with Gasteiger partial charge in [-0.2, -0.15) is 0 Å². The van der Waals surface area contributed by atoms with Crippen molar-refractivity contribution < 1.29 is 9.53 Å². The van der Waals surface area contributed by atoms with Gasteiger partial charge < -0.3 is 14.2 Å². The first-order valence-corrected chi connectivity index (χ1v) is 13.1. The molecule has 0 N–H and O–H groups in total. The van der Waals surface area contributed by atoms with Crippen LogP contribution in [0.1, 0.15) is 75.6 Å². The van der Waals surface area contributed by atoms with E-state index in [1.807, 2.05) is 36.4 Å². The van der Waals surface area contributed by atoms with Gasteiger partial charge in [0.1, 0.15) is 24.7 Å². The van der Waals surface area contributed by atoms with E-state index in [9.17, 15) is 4.79 Å². The van der Waals surface area contributed by atoms with E-state index >= 15 is 0 Å². The molecule has 2 aliphatic carbocycles. The summed E-state index contributed by atoms with van der Waals surface area (Å²) in [4.78, 5) is 21.1. The molecule has 0 bridgehead atoms. The van der Waals surface area contributed by atoms with E-state index in [1.165, 1.54) is 38.5 Å². The molecule has 180 valence electrons. The molecule has 0 radical (unpaired) electrons. The summed E-state index contributed by atoms with van der Waals surface area (Å²) in [6, 6.07) is 17.0. The van der Waals surface area contributed by atoms with Crippen molar-refractivity contribution in [3.05, 3.63) is 59.9 Å². The number of hydrogen-bond acceptors (Lipinski definition) is 3. The molecule has 2 saturated carbocycles. The van der Waals surface area contributed by atoms with Crippen molar-refractivity contribution in [3.63, 3.8) is 0 Å². The summed E-state index contributed by atoms with van der Waals surface area (Å²) in [5, 5.41) is 0. The summed E-state index contributed by atoms with van der Waals surface area (Å²) in [5.41, 5.74) is 3.09. The lowest BCUT2D eigenvalue weighted by Gasteiger charge is -2.42. The largest absolute Gasteiger partial charge is 0.486 e. The van der Waals surface area contributed by atoms with Gasteiger partial charge in [-0.15, -0.1) is 0 Å². The molecule has 0 unspecified atom stereocenters. The maximum atomic E-state index is 14.0. The number of benzene rings is 2. The molecule has 3 aromatic rings. The third-order valence-corrected chi connectivity index (χ3v) is 7.61. The Morgan fingerprint density at radius 3 is 2.29 bits per heavy atom. The minimum absolute atomic E-state index is 0.249. The number of nitrogens with zero attached hydrogens (tertiary/aromatic N) is 3. The zero-order valence-electron chi connectivity index (χ0n) is 20.4. The van der Waals surface area contributed by atoms with Crippen LogP contribution in [0, 0.1) is 6.92 Å². The number of ether oxygens (including phenoxy) is 1. The maximum Gasteiger partial charge on any atom is 0.243 e. The SMILES string of the molecule is Cc1cccc(OCc2nc3ccccc3n2CC(=O)N(C2CCCCC2)C2CCCCC2)c1. The minimum Gasteiger partial charge on any atom is -0.486 e. The molecule has 1 heterocycles. The van der Waals surface area contributed by atoms with Gasteiger partial charge in [0.05, 0.1) is 11.0 Å². The van der Waals surface area contributed by atoms with Crippen LogP contribution < -0.4 is 4.74 Å². The van der Waals surface area contributed by atoms with Crippen molar-refractivity contribution in [2.24, 2.45) is 0 Å². The maximum absolute atomic E-state index is 14.0. The second-order valence-electron chi connectivity index (χ2n) is 10.1. The van der Waals surface area contributed by atoms with Crippen LogP contribution in [0.5, 0.6) is 5.75 Å². The number of rotatable bonds is 7. The van der Waals surface area contributed by atoms with Gasteiger partial charge in [0.2, 0.25) is 5.91 Å². The number of amides is 1. The molecule has 0 saturated heterocycles. The van der Waals surface area contributed by atoms with Gasteiger partial charge in [0.15, 0.2) is 0 Å². The molecule has 34 heavy (non-hydrogen) atoms. The van der Waals surface area contributed by atoms with Crippen LogP contribution in [0.4, 0.5) is 0 Å². The Labute approximate surface area is 203 Å². The van der Waals surface area contributed by atoms with Gasteiger partial charge in [-0.3, -0.25) is 4.79 Å². The Bertz CT molecular complexity index is 1090.